The van der Waals surface area contributed by atoms with Crippen molar-refractivity contribution in [1.29, 1.82) is 5.41 Å². The van der Waals surface area contributed by atoms with Crippen LogP contribution >= 0.6 is 0 Å². The predicted octanol–water partition coefficient (Wildman–Crippen LogP) is -1.90. The summed E-state index contributed by atoms with van der Waals surface area (Å²) in [4.78, 5) is 19.9. The number of carboxylic acid groups (broad SMARTS) is 2. The SMILES string of the molecule is N=C(N)N.N[C@@H](CCC(=O)O)C(=O)O. The number of rotatable bonds is 4. The average molecular weight is 206 g/mol. The first kappa shape index (κ1) is 14.7. The third-order valence-corrected chi connectivity index (χ3v) is 0.986. The van der Waals surface area contributed by atoms with E-state index >= 15 is 0 Å². The van der Waals surface area contributed by atoms with E-state index in [4.69, 9.17) is 21.4 Å². The number of carbonyl (C=O) groups is 2. The molecule has 0 aliphatic heterocycles. The van der Waals surface area contributed by atoms with Crippen molar-refractivity contribution in [3.05, 3.63) is 0 Å². The number of hydrogen-bond donors (Lipinski definition) is 6. The van der Waals surface area contributed by atoms with Crippen molar-refractivity contribution in [3.63, 3.8) is 0 Å². The first-order valence-electron chi connectivity index (χ1n) is 3.57. The molecule has 0 bridgehead atoms. The van der Waals surface area contributed by atoms with E-state index < -0.39 is 18.0 Å². The van der Waals surface area contributed by atoms with Crippen molar-refractivity contribution >= 4 is 17.9 Å². The van der Waals surface area contributed by atoms with Gasteiger partial charge in [0.05, 0.1) is 0 Å². The van der Waals surface area contributed by atoms with Crippen LogP contribution in [0.3, 0.4) is 0 Å². The van der Waals surface area contributed by atoms with Crippen LogP contribution in [0.15, 0.2) is 0 Å². The highest BCUT2D eigenvalue weighted by molar-refractivity contribution is 5.74. The van der Waals surface area contributed by atoms with Crippen molar-refractivity contribution in [2.75, 3.05) is 0 Å². The molecule has 14 heavy (non-hydrogen) atoms. The summed E-state index contributed by atoms with van der Waals surface area (Å²) in [6.45, 7) is 0. The summed E-state index contributed by atoms with van der Waals surface area (Å²) in [5.74, 6) is -2.53. The Labute approximate surface area is 80.2 Å². The van der Waals surface area contributed by atoms with Crippen molar-refractivity contribution in [1.82, 2.24) is 0 Å². The van der Waals surface area contributed by atoms with E-state index in [1.165, 1.54) is 0 Å². The van der Waals surface area contributed by atoms with Crippen LogP contribution in [0, 0.1) is 5.41 Å². The van der Waals surface area contributed by atoms with Gasteiger partial charge in [-0.05, 0) is 6.42 Å². The summed E-state index contributed by atoms with van der Waals surface area (Å²) < 4.78 is 0. The molecule has 0 aliphatic carbocycles. The Morgan fingerprint density at radius 1 is 1.29 bits per heavy atom. The lowest BCUT2D eigenvalue weighted by atomic mass is 10.2. The second-order valence-corrected chi connectivity index (χ2v) is 2.33. The second kappa shape index (κ2) is 7.80. The Morgan fingerprint density at radius 2 is 1.64 bits per heavy atom. The molecule has 0 heterocycles. The number of guanidine groups is 1. The Bertz CT molecular complexity index is 214. The zero-order chi connectivity index (χ0) is 11.7. The topological polar surface area (TPSA) is 177 Å². The van der Waals surface area contributed by atoms with Crippen LogP contribution in [0.4, 0.5) is 0 Å². The molecule has 0 radical (unpaired) electrons. The summed E-state index contributed by atoms with van der Waals surface area (Å²) in [7, 11) is 0. The van der Waals surface area contributed by atoms with Gasteiger partial charge in [-0.15, -0.1) is 0 Å². The fourth-order valence-electron chi connectivity index (χ4n) is 0.402. The number of aliphatic carboxylic acids is 2. The highest BCUT2D eigenvalue weighted by atomic mass is 16.4. The molecule has 0 spiro atoms. The molecule has 0 saturated heterocycles. The number of nitrogens with two attached hydrogens (primary N) is 3. The number of nitrogens with one attached hydrogen (secondary N) is 1. The molecular weight excluding hydrogens is 192 g/mol. The lowest BCUT2D eigenvalue weighted by molar-refractivity contribution is -0.139. The summed E-state index contributed by atoms with van der Waals surface area (Å²) in [6.07, 6.45) is -0.224. The number of hydrogen-bond acceptors (Lipinski definition) is 4. The third-order valence-electron chi connectivity index (χ3n) is 0.986. The molecule has 1 atom stereocenters. The summed E-state index contributed by atoms with van der Waals surface area (Å²) in [5, 5.41) is 22.3. The van der Waals surface area contributed by atoms with Gasteiger partial charge < -0.3 is 27.4 Å². The molecule has 82 valence electrons. The van der Waals surface area contributed by atoms with E-state index in [-0.39, 0.29) is 18.8 Å². The Kier molecular flexibility index (Phi) is 8.18. The van der Waals surface area contributed by atoms with Crippen molar-refractivity contribution < 1.29 is 19.8 Å². The standard InChI is InChI=1S/C5H9NO4.CH5N3/c6-3(5(9)10)1-2-4(7)8;2-1(3)4/h3H,1-2,6H2,(H,7,8)(H,9,10);(H5,2,3,4)/t3-;/m0./s1. The van der Waals surface area contributed by atoms with E-state index in [2.05, 4.69) is 11.5 Å². The van der Waals surface area contributed by atoms with Gasteiger partial charge in [0.1, 0.15) is 6.04 Å². The summed E-state index contributed by atoms with van der Waals surface area (Å²) >= 11 is 0. The van der Waals surface area contributed by atoms with Gasteiger partial charge in [0.15, 0.2) is 5.96 Å². The molecule has 0 aromatic carbocycles. The van der Waals surface area contributed by atoms with Crippen LogP contribution in [0.1, 0.15) is 12.8 Å². The fourth-order valence-corrected chi connectivity index (χ4v) is 0.402. The van der Waals surface area contributed by atoms with Crippen LogP contribution in [0.25, 0.3) is 0 Å². The van der Waals surface area contributed by atoms with Gasteiger partial charge in [0.25, 0.3) is 0 Å². The lowest BCUT2D eigenvalue weighted by Crippen LogP contribution is -2.30. The summed E-state index contributed by atoms with van der Waals surface area (Å²) in [5.41, 5.74) is 13.9. The maximum Gasteiger partial charge on any atom is 0.320 e. The molecule has 0 aromatic heterocycles. The lowest BCUT2D eigenvalue weighted by Gasteiger charge is -2.01. The molecule has 8 heteroatoms. The fraction of sp³-hybridized carbons (Fsp3) is 0.500. The van der Waals surface area contributed by atoms with Gasteiger partial charge in [0, 0.05) is 6.42 Å². The van der Waals surface area contributed by atoms with Gasteiger partial charge >= 0.3 is 11.9 Å². The monoisotopic (exact) mass is 206 g/mol. The minimum atomic E-state index is -1.17. The van der Waals surface area contributed by atoms with Crippen LogP contribution in [-0.2, 0) is 9.59 Å². The van der Waals surface area contributed by atoms with E-state index in [1.807, 2.05) is 0 Å². The van der Waals surface area contributed by atoms with Crippen LogP contribution in [0.2, 0.25) is 0 Å². The van der Waals surface area contributed by atoms with E-state index in [9.17, 15) is 9.59 Å². The van der Waals surface area contributed by atoms with Crippen molar-refractivity contribution in [3.8, 4) is 0 Å². The largest absolute Gasteiger partial charge is 0.481 e. The highest BCUT2D eigenvalue weighted by Gasteiger charge is 2.12. The van der Waals surface area contributed by atoms with Crippen molar-refractivity contribution in [2.24, 2.45) is 17.2 Å². The third kappa shape index (κ3) is 16.6. The molecule has 0 aliphatic rings. The van der Waals surface area contributed by atoms with Crippen LogP contribution in [0.5, 0.6) is 0 Å². The molecule has 0 amide bonds. The quantitative estimate of drug-likeness (QED) is 0.230. The Balaban J connectivity index is 0. The molecule has 8 nitrogen and oxygen atoms in total. The molecule has 0 saturated carbocycles. The normalized spacial score (nSPS) is 10.6. The molecule has 0 fully saturated rings. The molecule has 0 rings (SSSR count). The van der Waals surface area contributed by atoms with Crippen LogP contribution < -0.4 is 17.2 Å². The first-order chi connectivity index (χ1) is 6.27. The zero-order valence-corrected chi connectivity index (χ0v) is 7.43. The highest BCUT2D eigenvalue weighted by Crippen LogP contribution is 1.93. The van der Waals surface area contributed by atoms with Gasteiger partial charge in [-0.25, -0.2) is 0 Å². The number of carboxylic acids is 2. The minimum Gasteiger partial charge on any atom is -0.481 e. The molecule has 9 N–H and O–H groups in total. The maximum atomic E-state index is 9.99. The van der Waals surface area contributed by atoms with E-state index in [0.29, 0.717) is 0 Å². The van der Waals surface area contributed by atoms with Gasteiger partial charge in [0.2, 0.25) is 0 Å². The second-order valence-electron chi connectivity index (χ2n) is 2.33. The van der Waals surface area contributed by atoms with Gasteiger partial charge in [-0.1, -0.05) is 0 Å². The van der Waals surface area contributed by atoms with E-state index in [1.54, 1.807) is 0 Å². The Hall–Kier alpha value is -1.83. The maximum absolute atomic E-state index is 9.99. The molecule has 0 aromatic rings. The first-order valence-corrected chi connectivity index (χ1v) is 3.57. The predicted molar refractivity (Wildman–Crippen MR) is 48.6 cm³/mol. The molecular formula is C6H14N4O4. The smallest absolute Gasteiger partial charge is 0.320 e. The van der Waals surface area contributed by atoms with Crippen LogP contribution in [-0.4, -0.2) is 34.2 Å². The van der Waals surface area contributed by atoms with Crippen molar-refractivity contribution in [2.45, 2.75) is 18.9 Å². The minimum absolute atomic E-state index is 0.0231. The van der Waals surface area contributed by atoms with E-state index in [0.717, 1.165) is 0 Å². The Morgan fingerprint density at radius 3 is 1.86 bits per heavy atom. The van der Waals surface area contributed by atoms with Gasteiger partial charge in [-0.2, -0.15) is 0 Å². The average Bonchev–Trinajstić information content (AvgIpc) is 1.98. The zero-order valence-electron chi connectivity index (χ0n) is 7.43. The molecule has 0 unspecified atom stereocenters. The van der Waals surface area contributed by atoms with Gasteiger partial charge in [-0.3, -0.25) is 15.0 Å². The summed E-state index contributed by atoms with van der Waals surface area (Å²) in [6, 6.07) is -1.06.